The van der Waals surface area contributed by atoms with E-state index in [0.29, 0.717) is 17.9 Å². The second-order valence-electron chi connectivity index (χ2n) is 7.52. The molecule has 1 aromatic heterocycles. The van der Waals surface area contributed by atoms with Crippen molar-refractivity contribution in [3.8, 4) is 11.5 Å². The number of ether oxygens (including phenoxy) is 2. The highest BCUT2D eigenvalue weighted by atomic mass is 32.1. The molecule has 1 aromatic carbocycles. The number of hydrogen-bond acceptors (Lipinski definition) is 6. The Bertz CT molecular complexity index is 789. The van der Waals surface area contributed by atoms with Crippen LogP contribution in [0.25, 0.3) is 0 Å². The van der Waals surface area contributed by atoms with Crippen LogP contribution in [0.3, 0.4) is 0 Å². The molecule has 1 saturated heterocycles. The maximum atomic E-state index is 12.8. The average molecular weight is 418 g/mol. The van der Waals surface area contributed by atoms with Crippen LogP contribution in [0.4, 0.5) is 0 Å². The summed E-state index contributed by atoms with van der Waals surface area (Å²) in [7, 11) is 5.37. The minimum Gasteiger partial charge on any atom is -0.493 e. The van der Waals surface area contributed by atoms with E-state index in [4.69, 9.17) is 9.47 Å². The number of hydrogen-bond donors (Lipinski definition) is 1. The molecular formula is C22H31N3O3S. The predicted octanol–water partition coefficient (Wildman–Crippen LogP) is 2.80. The van der Waals surface area contributed by atoms with Crippen molar-refractivity contribution < 1.29 is 14.3 Å². The van der Waals surface area contributed by atoms with Crippen molar-refractivity contribution in [3.05, 3.63) is 46.2 Å². The van der Waals surface area contributed by atoms with Crippen LogP contribution in [0.5, 0.6) is 11.5 Å². The predicted molar refractivity (Wildman–Crippen MR) is 117 cm³/mol. The van der Waals surface area contributed by atoms with Crippen LogP contribution in [-0.2, 0) is 11.2 Å². The maximum absolute atomic E-state index is 12.8. The fourth-order valence-corrected chi connectivity index (χ4v) is 4.83. The molecule has 0 bridgehead atoms. The highest BCUT2D eigenvalue weighted by Gasteiger charge is 2.30. The highest BCUT2D eigenvalue weighted by molar-refractivity contribution is 7.10. The van der Waals surface area contributed by atoms with Gasteiger partial charge in [0.05, 0.1) is 26.7 Å². The molecule has 0 aliphatic carbocycles. The van der Waals surface area contributed by atoms with Crippen LogP contribution < -0.4 is 14.8 Å². The summed E-state index contributed by atoms with van der Waals surface area (Å²) >= 11 is 1.76. The van der Waals surface area contributed by atoms with Gasteiger partial charge in [0.2, 0.25) is 5.91 Å². The summed E-state index contributed by atoms with van der Waals surface area (Å²) in [6, 6.07) is 10.1. The lowest BCUT2D eigenvalue weighted by Gasteiger charge is -2.40. The third-order valence-electron chi connectivity index (χ3n) is 5.44. The molecule has 2 heterocycles. The monoisotopic (exact) mass is 417 g/mol. The lowest BCUT2D eigenvalue weighted by Crippen LogP contribution is -2.51. The van der Waals surface area contributed by atoms with Crippen LogP contribution in [0.2, 0.25) is 0 Å². The molecule has 0 saturated carbocycles. The van der Waals surface area contributed by atoms with Gasteiger partial charge in [0, 0.05) is 37.1 Å². The Kier molecular flexibility index (Phi) is 7.52. The van der Waals surface area contributed by atoms with Gasteiger partial charge in [-0.05, 0) is 43.1 Å². The summed E-state index contributed by atoms with van der Waals surface area (Å²) in [4.78, 5) is 18.9. The van der Waals surface area contributed by atoms with Crippen LogP contribution >= 0.6 is 11.3 Å². The molecular weight excluding hydrogens is 386 g/mol. The summed E-state index contributed by atoms with van der Waals surface area (Å²) in [5, 5.41) is 5.34. The number of nitrogens with one attached hydrogen (secondary N) is 1. The van der Waals surface area contributed by atoms with Gasteiger partial charge in [-0.1, -0.05) is 12.1 Å². The van der Waals surface area contributed by atoms with E-state index >= 15 is 0 Å². The molecule has 2 aromatic rings. The second kappa shape index (κ2) is 10.1. The quantitative estimate of drug-likeness (QED) is 0.716. The van der Waals surface area contributed by atoms with E-state index in [9.17, 15) is 4.79 Å². The third-order valence-corrected chi connectivity index (χ3v) is 6.38. The molecule has 29 heavy (non-hydrogen) atoms. The Morgan fingerprint density at radius 2 is 1.86 bits per heavy atom. The molecule has 2 unspecified atom stereocenters. The molecule has 6 nitrogen and oxygen atoms in total. The van der Waals surface area contributed by atoms with Crippen LogP contribution in [0.1, 0.15) is 23.4 Å². The zero-order chi connectivity index (χ0) is 20.8. The SMILES string of the molecule is COc1ccc(CC(=O)NC(C)C(c2cccs2)N2CCN(C)CC2)cc1OC. The average Bonchev–Trinajstić information content (AvgIpc) is 3.23. The largest absolute Gasteiger partial charge is 0.493 e. The van der Waals surface area contributed by atoms with Crippen molar-refractivity contribution in [3.63, 3.8) is 0 Å². The second-order valence-corrected chi connectivity index (χ2v) is 8.50. The fourth-order valence-electron chi connectivity index (χ4n) is 3.86. The summed E-state index contributed by atoms with van der Waals surface area (Å²) in [6.07, 6.45) is 0.310. The first-order chi connectivity index (χ1) is 14.0. The zero-order valence-electron chi connectivity index (χ0n) is 17.7. The van der Waals surface area contributed by atoms with E-state index in [1.54, 1.807) is 25.6 Å². The minimum atomic E-state index is 0.0143. The molecule has 1 amide bonds. The Balaban J connectivity index is 1.67. The molecule has 0 spiro atoms. The molecule has 3 rings (SSSR count). The molecule has 158 valence electrons. The topological polar surface area (TPSA) is 54.0 Å². The fraction of sp³-hybridized carbons (Fsp3) is 0.500. The van der Waals surface area contributed by atoms with E-state index in [2.05, 4.69) is 46.6 Å². The van der Waals surface area contributed by atoms with E-state index in [1.165, 1.54) is 4.88 Å². The molecule has 7 heteroatoms. The number of amides is 1. The van der Waals surface area contributed by atoms with Crippen molar-refractivity contribution in [1.29, 1.82) is 0 Å². The number of benzene rings is 1. The number of piperazine rings is 1. The lowest BCUT2D eigenvalue weighted by atomic mass is 10.0. The summed E-state index contributed by atoms with van der Waals surface area (Å²) in [5.41, 5.74) is 0.902. The van der Waals surface area contributed by atoms with Gasteiger partial charge in [-0.25, -0.2) is 0 Å². The first-order valence-corrected chi connectivity index (χ1v) is 10.9. The summed E-state index contributed by atoms with van der Waals surface area (Å²) in [6.45, 7) is 6.22. The van der Waals surface area contributed by atoms with Gasteiger partial charge >= 0.3 is 0 Å². The zero-order valence-corrected chi connectivity index (χ0v) is 18.5. The van der Waals surface area contributed by atoms with Crippen LogP contribution in [-0.4, -0.2) is 69.2 Å². The smallest absolute Gasteiger partial charge is 0.224 e. The first-order valence-electron chi connectivity index (χ1n) is 9.98. The van der Waals surface area contributed by atoms with Gasteiger partial charge in [0.1, 0.15) is 0 Å². The van der Waals surface area contributed by atoms with Gasteiger partial charge in [0.25, 0.3) is 0 Å². The van der Waals surface area contributed by atoms with Crippen molar-refractivity contribution in [1.82, 2.24) is 15.1 Å². The van der Waals surface area contributed by atoms with Crippen LogP contribution in [0.15, 0.2) is 35.7 Å². The van der Waals surface area contributed by atoms with Crippen molar-refractivity contribution in [2.75, 3.05) is 47.4 Å². The molecule has 1 aliphatic rings. The Hall–Kier alpha value is -2.09. The van der Waals surface area contributed by atoms with Gasteiger partial charge in [-0.3, -0.25) is 9.69 Å². The summed E-state index contributed by atoms with van der Waals surface area (Å²) in [5.74, 6) is 1.32. The molecule has 2 atom stereocenters. The number of likely N-dealkylation sites (N-methyl/N-ethyl adjacent to an activating group) is 1. The van der Waals surface area contributed by atoms with Gasteiger partial charge < -0.3 is 19.7 Å². The van der Waals surface area contributed by atoms with Crippen molar-refractivity contribution >= 4 is 17.2 Å². The normalized spacial score (nSPS) is 17.5. The molecule has 1 aliphatic heterocycles. The van der Waals surface area contributed by atoms with E-state index in [1.807, 2.05) is 18.2 Å². The standard InChI is InChI=1S/C22H31N3O3S/c1-16(22(20-6-5-13-29-20)25-11-9-24(2)10-12-25)23-21(26)15-17-7-8-18(27-3)19(14-17)28-4/h5-8,13-14,16,22H,9-12,15H2,1-4H3,(H,23,26). The summed E-state index contributed by atoms with van der Waals surface area (Å²) < 4.78 is 10.6. The highest BCUT2D eigenvalue weighted by Crippen LogP contribution is 2.30. The molecule has 1 fully saturated rings. The first kappa shape index (κ1) is 21.6. The number of carbonyl (C=O) groups is 1. The van der Waals surface area contributed by atoms with Gasteiger partial charge in [-0.2, -0.15) is 0 Å². The van der Waals surface area contributed by atoms with Gasteiger partial charge in [0.15, 0.2) is 11.5 Å². The van der Waals surface area contributed by atoms with Gasteiger partial charge in [-0.15, -0.1) is 11.3 Å². The maximum Gasteiger partial charge on any atom is 0.224 e. The van der Waals surface area contributed by atoms with Crippen molar-refractivity contribution in [2.24, 2.45) is 0 Å². The van der Waals surface area contributed by atoms with Crippen LogP contribution in [0, 0.1) is 0 Å². The molecule has 0 radical (unpaired) electrons. The Morgan fingerprint density at radius 1 is 1.14 bits per heavy atom. The molecule has 1 N–H and O–H groups in total. The number of rotatable bonds is 8. The Morgan fingerprint density at radius 3 is 2.48 bits per heavy atom. The van der Waals surface area contributed by atoms with E-state index in [0.717, 1.165) is 31.7 Å². The minimum absolute atomic E-state index is 0.0143. The third kappa shape index (κ3) is 5.50. The number of methoxy groups -OCH3 is 2. The lowest BCUT2D eigenvalue weighted by molar-refractivity contribution is -0.121. The number of carbonyl (C=O) groups excluding carboxylic acids is 1. The van der Waals surface area contributed by atoms with E-state index in [-0.39, 0.29) is 18.0 Å². The van der Waals surface area contributed by atoms with Crippen molar-refractivity contribution in [2.45, 2.75) is 25.4 Å². The Labute approximate surface area is 177 Å². The number of thiophene rings is 1. The number of nitrogens with zero attached hydrogens (tertiary/aromatic N) is 2. The van der Waals surface area contributed by atoms with E-state index < -0.39 is 0 Å².